The van der Waals surface area contributed by atoms with Gasteiger partial charge in [-0.1, -0.05) is 0 Å². The number of benzene rings is 3. The number of hydrogen-bond donors (Lipinski definition) is 0. The molecule has 26 heavy (non-hydrogen) atoms. The summed E-state index contributed by atoms with van der Waals surface area (Å²) in [4.78, 5) is 3.04. The molecular weight excluding hydrogens is 539 g/mol. The van der Waals surface area contributed by atoms with Crippen molar-refractivity contribution in [2.24, 2.45) is 0 Å². The molecule has 0 N–H and O–H groups in total. The van der Waals surface area contributed by atoms with Crippen LogP contribution < -0.4 is 14.7 Å². The number of rotatable bonds is 2. The first kappa shape index (κ1) is 17.7. The Morgan fingerprint density at radius 1 is 0.808 bits per heavy atom. The number of nitrogens with zero attached hydrogens (tertiary/aromatic N) is 1. The third-order valence-corrected chi connectivity index (χ3v) is 17.7. The van der Waals surface area contributed by atoms with E-state index in [4.69, 9.17) is 0 Å². The van der Waals surface area contributed by atoms with Crippen LogP contribution in [0, 0.1) is 6.92 Å². The van der Waals surface area contributed by atoms with Gasteiger partial charge in [-0.25, -0.2) is 0 Å². The van der Waals surface area contributed by atoms with E-state index in [9.17, 15) is 8.42 Å². The average molecular weight is 559 g/mol. The van der Waals surface area contributed by atoms with E-state index in [1.54, 1.807) is 12.1 Å². The summed E-state index contributed by atoms with van der Waals surface area (Å²) in [6.07, 6.45) is 0. The molecule has 0 fully saturated rings. The number of fused-ring (bicyclic) bond motifs is 2. The molecule has 0 aromatic heterocycles. The Morgan fingerprint density at radius 2 is 1.46 bits per heavy atom. The van der Waals surface area contributed by atoms with Crippen LogP contribution in [-0.4, -0.2) is 44.3 Å². The summed E-state index contributed by atoms with van der Waals surface area (Å²) in [7, 11) is 0.517. The Bertz CT molecular complexity index is 1090. The standard InChI is InChI=1S/C14H13NO2S.C7H7.Bi/c1-15(2)12-8-10-14(11-9-12)18(16,17)13-6-4-3-5-7-13;1-7-5-3-2-4-6-7;/h3-6,8-10H,1-2H3;3-6H,1H3;. The third-order valence-electron chi connectivity index (χ3n) is 4.68. The first-order chi connectivity index (χ1) is 12.4. The van der Waals surface area contributed by atoms with E-state index in [1.165, 1.54) is 8.83 Å². The van der Waals surface area contributed by atoms with E-state index in [0.717, 1.165) is 12.2 Å². The van der Waals surface area contributed by atoms with Crippen LogP contribution in [0.1, 0.15) is 5.56 Å². The Kier molecular flexibility index (Phi) is 4.40. The molecule has 132 valence electrons. The van der Waals surface area contributed by atoms with Crippen molar-refractivity contribution in [1.82, 2.24) is 0 Å². The molecule has 3 aromatic carbocycles. The Labute approximate surface area is 162 Å². The van der Waals surface area contributed by atoms with Crippen molar-refractivity contribution in [3.05, 3.63) is 72.3 Å². The Hall–Kier alpha value is -1.71. The van der Waals surface area contributed by atoms with Crippen molar-refractivity contribution in [1.29, 1.82) is 0 Å². The first-order valence-corrected chi connectivity index (χ1v) is 15.1. The summed E-state index contributed by atoms with van der Waals surface area (Å²) >= 11 is -2.68. The van der Waals surface area contributed by atoms with Crippen molar-refractivity contribution in [3.8, 4) is 0 Å². The molecular formula is C21H20BiNO2S. The van der Waals surface area contributed by atoms with Crippen molar-refractivity contribution in [2.45, 2.75) is 16.7 Å². The Balaban J connectivity index is 2.06. The van der Waals surface area contributed by atoms with Crippen molar-refractivity contribution >= 4 is 47.1 Å². The van der Waals surface area contributed by atoms with Crippen molar-refractivity contribution in [2.75, 3.05) is 19.0 Å². The van der Waals surface area contributed by atoms with Gasteiger partial charge in [0.05, 0.1) is 0 Å². The third kappa shape index (κ3) is 2.78. The molecule has 1 heterocycles. The molecule has 3 nitrogen and oxygen atoms in total. The summed E-state index contributed by atoms with van der Waals surface area (Å²) in [5, 5.41) is 0. The van der Waals surface area contributed by atoms with E-state index >= 15 is 0 Å². The number of sulfone groups is 1. The topological polar surface area (TPSA) is 37.4 Å². The zero-order valence-electron chi connectivity index (χ0n) is 15.0. The summed E-state index contributed by atoms with van der Waals surface area (Å²) < 4.78 is 29.9. The van der Waals surface area contributed by atoms with Gasteiger partial charge in [0, 0.05) is 0 Å². The van der Waals surface area contributed by atoms with Gasteiger partial charge in [-0.3, -0.25) is 0 Å². The fraction of sp³-hybridized carbons (Fsp3) is 0.143. The van der Waals surface area contributed by atoms with Crippen LogP contribution in [0.3, 0.4) is 0 Å². The van der Waals surface area contributed by atoms with Crippen LogP contribution in [0.4, 0.5) is 5.69 Å². The molecule has 1 aliphatic heterocycles. The van der Waals surface area contributed by atoms with Gasteiger partial charge in [0.25, 0.3) is 0 Å². The van der Waals surface area contributed by atoms with E-state index < -0.39 is 31.6 Å². The zero-order chi connectivity index (χ0) is 18.5. The number of anilines is 1. The molecule has 1 aliphatic rings. The van der Waals surface area contributed by atoms with Gasteiger partial charge in [0.15, 0.2) is 0 Å². The number of aryl methyl sites for hydroxylation is 1. The molecule has 0 amide bonds. The maximum absolute atomic E-state index is 13.2. The van der Waals surface area contributed by atoms with Crippen molar-refractivity contribution in [3.63, 3.8) is 0 Å². The van der Waals surface area contributed by atoms with Crippen LogP contribution in [0.2, 0.25) is 0 Å². The van der Waals surface area contributed by atoms with Gasteiger partial charge >= 0.3 is 164 Å². The minimum atomic E-state index is -3.46. The molecule has 0 spiro atoms. The molecule has 0 radical (unpaired) electrons. The molecule has 0 aliphatic carbocycles. The summed E-state index contributed by atoms with van der Waals surface area (Å²) in [6.45, 7) is 2.08. The van der Waals surface area contributed by atoms with Gasteiger partial charge in [-0.2, -0.15) is 0 Å². The molecule has 5 heteroatoms. The van der Waals surface area contributed by atoms with Gasteiger partial charge in [-0.15, -0.1) is 0 Å². The zero-order valence-corrected chi connectivity index (χ0v) is 19.3. The molecule has 0 unspecified atom stereocenters. The second kappa shape index (κ2) is 6.47. The van der Waals surface area contributed by atoms with Crippen LogP contribution >= 0.6 is 0 Å². The second-order valence-electron chi connectivity index (χ2n) is 6.69. The molecule has 0 bridgehead atoms. The number of hydrogen-bond acceptors (Lipinski definition) is 3. The molecule has 0 atom stereocenters. The average Bonchev–Trinajstić information content (AvgIpc) is 2.63. The molecule has 3 aromatic rings. The molecule has 4 rings (SSSR count). The molecule has 0 saturated carbocycles. The summed E-state index contributed by atoms with van der Waals surface area (Å²) in [5.41, 5.74) is 2.27. The SMILES string of the molecule is Cc1cc[c]([Bi]2[c]3ccccc3S(=O)(=O)c3ccc(N(C)C)c[c]32)cc1. The van der Waals surface area contributed by atoms with E-state index in [-0.39, 0.29) is 0 Å². The predicted octanol–water partition coefficient (Wildman–Crippen LogP) is 1.72. The van der Waals surface area contributed by atoms with Gasteiger partial charge < -0.3 is 0 Å². The predicted molar refractivity (Wildman–Crippen MR) is 108 cm³/mol. The van der Waals surface area contributed by atoms with E-state index in [1.807, 2.05) is 43.3 Å². The van der Waals surface area contributed by atoms with Crippen LogP contribution in [0.25, 0.3) is 0 Å². The van der Waals surface area contributed by atoms with E-state index in [2.05, 4.69) is 37.3 Å². The maximum atomic E-state index is 13.2. The Morgan fingerprint density at radius 3 is 2.15 bits per heavy atom. The van der Waals surface area contributed by atoms with Gasteiger partial charge in [0.1, 0.15) is 0 Å². The fourth-order valence-electron chi connectivity index (χ4n) is 3.28. The first-order valence-electron chi connectivity index (χ1n) is 8.42. The minimum absolute atomic E-state index is 0.500. The second-order valence-corrected chi connectivity index (χ2v) is 16.9. The fourth-order valence-corrected chi connectivity index (χ4v) is 18.2. The quantitative estimate of drug-likeness (QED) is 0.352. The normalized spacial score (nSPS) is 15.2. The summed E-state index contributed by atoms with van der Waals surface area (Å²) in [6, 6.07) is 22.0. The van der Waals surface area contributed by atoms with Crippen molar-refractivity contribution < 1.29 is 8.42 Å². The monoisotopic (exact) mass is 559 g/mol. The van der Waals surface area contributed by atoms with Crippen LogP contribution in [0.15, 0.2) is 76.5 Å². The summed E-state index contributed by atoms with van der Waals surface area (Å²) in [5.74, 6) is 0. The van der Waals surface area contributed by atoms with Crippen LogP contribution in [-0.2, 0) is 9.84 Å². The van der Waals surface area contributed by atoms with Gasteiger partial charge in [-0.05, 0) is 0 Å². The van der Waals surface area contributed by atoms with Crippen LogP contribution in [0.5, 0.6) is 0 Å². The van der Waals surface area contributed by atoms with Gasteiger partial charge in [0.2, 0.25) is 0 Å². The molecule has 0 saturated heterocycles. The van der Waals surface area contributed by atoms with E-state index in [0.29, 0.717) is 9.79 Å².